The fraction of sp³-hybridized carbons (Fsp3) is 0.538. The van der Waals surface area contributed by atoms with Gasteiger partial charge in [-0.1, -0.05) is 24.6 Å². The summed E-state index contributed by atoms with van der Waals surface area (Å²) in [5, 5.41) is 0.831. The highest BCUT2D eigenvalue weighted by Gasteiger charge is 2.18. The standard InChI is InChI=1S/C13H19ClN2/c1-10-3-2-6-16(9-10)13-5-4-11(8-15)7-12(13)14/h4-5,7,10H,2-3,6,8-9,15H2,1H3/t10-/m0/s1. The molecule has 1 fully saturated rings. The van der Waals surface area contributed by atoms with E-state index in [1.165, 1.54) is 12.8 Å². The van der Waals surface area contributed by atoms with E-state index < -0.39 is 0 Å². The Hall–Kier alpha value is -0.730. The van der Waals surface area contributed by atoms with Crippen molar-refractivity contribution >= 4 is 17.3 Å². The van der Waals surface area contributed by atoms with Crippen LogP contribution in [0.15, 0.2) is 18.2 Å². The normalized spacial score (nSPS) is 21.2. The van der Waals surface area contributed by atoms with Gasteiger partial charge in [0.2, 0.25) is 0 Å². The molecule has 2 rings (SSSR count). The van der Waals surface area contributed by atoms with Gasteiger partial charge in [-0.25, -0.2) is 0 Å². The fourth-order valence-corrected chi connectivity index (χ4v) is 2.66. The largest absolute Gasteiger partial charge is 0.370 e. The van der Waals surface area contributed by atoms with E-state index in [0.717, 1.165) is 35.3 Å². The van der Waals surface area contributed by atoms with Crippen LogP contribution >= 0.6 is 11.6 Å². The molecule has 0 aromatic heterocycles. The Morgan fingerprint density at radius 2 is 2.31 bits per heavy atom. The van der Waals surface area contributed by atoms with Gasteiger partial charge < -0.3 is 10.6 Å². The molecule has 2 N–H and O–H groups in total. The molecule has 1 aliphatic rings. The monoisotopic (exact) mass is 238 g/mol. The van der Waals surface area contributed by atoms with Gasteiger partial charge in [-0.05, 0) is 36.5 Å². The first kappa shape index (κ1) is 11.7. The third-order valence-electron chi connectivity index (χ3n) is 3.25. The lowest BCUT2D eigenvalue weighted by atomic mass is 9.99. The molecule has 0 spiro atoms. The summed E-state index contributed by atoms with van der Waals surface area (Å²) in [6.45, 7) is 5.08. The average Bonchev–Trinajstić information content (AvgIpc) is 2.28. The van der Waals surface area contributed by atoms with Gasteiger partial charge in [0.15, 0.2) is 0 Å². The van der Waals surface area contributed by atoms with Crippen molar-refractivity contribution in [2.24, 2.45) is 11.7 Å². The molecule has 0 saturated carbocycles. The Morgan fingerprint density at radius 1 is 1.50 bits per heavy atom. The van der Waals surface area contributed by atoms with Gasteiger partial charge in [-0.3, -0.25) is 0 Å². The van der Waals surface area contributed by atoms with Gasteiger partial charge >= 0.3 is 0 Å². The topological polar surface area (TPSA) is 29.3 Å². The molecule has 1 atom stereocenters. The summed E-state index contributed by atoms with van der Waals surface area (Å²) in [5.74, 6) is 0.763. The van der Waals surface area contributed by atoms with E-state index in [2.05, 4.69) is 24.0 Å². The van der Waals surface area contributed by atoms with Crippen molar-refractivity contribution < 1.29 is 0 Å². The molecule has 16 heavy (non-hydrogen) atoms. The summed E-state index contributed by atoms with van der Waals surface area (Å²) in [6.07, 6.45) is 2.59. The Morgan fingerprint density at radius 3 is 2.94 bits per heavy atom. The lowest BCUT2D eigenvalue weighted by Gasteiger charge is -2.33. The summed E-state index contributed by atoms with van der Waals surface area (Å²) in [5.41, 5.74) is 7.85. The summed E-state index contributed by atoms with van der Waals surface area (Å²) >= 11 is 6.29. The summed E-state index contributed by atoms with van der Waals surface area (Å²) in [4.78, 5) is 2.39. The predicted molar refractivity (Wildman–Crippen MR) is 70.0 cm³/mol. The maximum absolute atomic E-state index is 6.29. The van der Waals surface area contributed by atoms with Crippen LogP contribution in [0.2, 0.25) is 5.02 Å². The number of rotatable bonds is 2. The average molecular weight is 239 g/mol. The van der Waals surface area contributed by atoms with E-state index in [1.54, 1.807) is 0 Å². The quantitative estimate of drug-likeness (QED) is 0.858. The molecule has 0 amide bonds. The van der Waals surface area contributed by atoms with Gasteiger partial charge in [0.25, 0.3) is 0 Å². The van der Waals surface area contributed by atoms with E-state index in [-0.39, 0.29) is 0 Å². The van der Waals surface area contributed by atoms with Crippen molar-refractivity contribution in [3.63, 3.8) is 0 Å². The Labute approximate surface area is 102 Å². The highest BCUT2D eigenvalue weighted by Crippen LogP contribution is 2.30. The van der Waals surface area contributed by atoms with E-state index in [1.807, 2.05) is 6.07 Å². The zero-order valence-corrected chi connectivity index (χ0v) is 10.5. The third-order valence-corrected chi connectivity index (χ3v) is 3.55. The molecular weight excluding hydrogens is 220 g/mol. The van der Waals surface area contributed by atoms with Gasteiger partial charge in [0.1, 0.15) is 0 Å². The second-order valence-corrected chi connectivity index (χ2v) is 5.09. The van der Waals surface area contributed by atoms with Gasteiger partial charge in [-0.15, -0.1) is 0 Å². The lowest BCUT2D eigenvalue weighted by Crippen LogP contribution is -2.34. The zero-order valence-electron chi connectivity index (χ0n) is 9.75. The maximum atomic E-state index is 6.29. The van der Waals surface area contributed by atoms with Crippen molar-refractivity contribution in [1.29, 1.82) is 0 Å². The molecule has 1 saturated heterocycles. The summed E-state index contributed by atoms with van der Waals surface area (Å²) < 4.78 is 0. The summed E-state index contributed by atoms with van der Waals surface area (Å²) in [7, 11) is 0. The highest BCUT2D eigenvalue weighted by atomic mass is 35.5. The van der Waals surface area contributed by atoms with Crippen molar-refractivity contribution in [1.82, 2.24) is 0 Å². The number of hydrogen-bond donors (Lipinski definition) is 1. The van der Waals surface area contributed by atoms with Gasteiger partial charge in [0.05, 0.1) is 10.7 Å². The van der Waals surface area contributed by atoms with Crippen LogP contribution in [0.25, 0.3) is 0 Å². The van der Waals surface area contributed by atoms with Gasteiger partial charge in [-0.2, -0.15) is 0 Å². The van der Waals surface area contributed by atoms with Crippen molar-refractivity contribution in [3.05, 3.63) is 28.8 Å². The minimum Gasteiger partial charge on any atom is -0.370 e. The van der Waals surface area contributed by atoms with Crippen LogP contribution in [0, 0.1) is 5.92 Å². The Balaban J connectivity index is 2.19. The first-order valence-electron chi connectivity index (χ1n) is 5.94. The number of benzene rings is 1. The SMILES string of the molecule is C[C@H]1CCCN(c2ccc(CN)cc2Cl)C1. The predicted octanol–water partition coefficient (Wildman–Crippen LogP) is 3.04. The molecule has 1 aromatic carbocycles. The van der Waals surface area contributed by atoms with E-state index in [0.29, 0.717) is 6.54 Å². The molecule has 0 bridgehead atoms. The van der Waals surface area contributed by atoms with E-state index in [9.17, 15) is 0 Å². The number of nitrogens with zero attached hydrogens (tertiary/aromatic N) is 1. The second kappa shape index (κ2) is 5.07. The van der Waals surface area contributed by atoms with Crippen LogP contribution in [0.3, 0.4) is 0 Å². The molecule has 1 aliphatic heterocycles. The van der Waals surface area contributed by atoms with Crippen molar-refractivity contribution in [2.45, 2.75) is 26.3 Å². The molecule has 0 unspecified atom stereocenters. The first-order chi connectivity index (χ1) is 7.70. The van der Waals surface area contributed by atoms with Crippen LogP contribution in [0.1, 0.15) is 25.3 Å². The molecule has 0 radical (unpaired) electrons. The molecule has 1 aromatic rings. The number of nitrogens with two attached hydrogens (primary N) is 1. The molecule has 88 valence electrons. The Kier molecular flexibility index (Phi) is 3.72. The van der Waals surface area contributed by atoms with Crippen LogP contribution < -0.4 is 10.6 Å². The van der Waals surface area contributed by atoms with E-state index in [4.69, 9.17) is 17.3 Å². The molecule has 3 heteroatoms. The summed E-state index contributed by atoms with van der Waals surface area (Å²) in [6, 6.07) is 6.15. The van der Waals surface area contributed by atoms with Crippen LogP contribution in [0.4, 0.5) is 5.69 Å². The lowest BCUT2D eigenvalue weighted by molar-refractivity contribution is 0.447. The van der Waals surface area contributed by atoms with Crippen LogP contribution in [0.5, 0.6) is 0 Å². The second-order valence-electron chi connectivity index (χ2n) is 4.68. The number of piperidine rings is 1. The number of hydrogen-bond acceptors (Lipinski definition) is 2. The first-order valence-corrected chi connectivity index (χ1v) is 6.32. The van der Waals surface area contributed by atoms with Crippen molar-refractivity contribution in [2.75, 3.05) is 18.0 Å². The van der Waals surface area contributed by atoms with Crippen LogP contribution in [-0.4, -0.2) is 13.1 Å². The third kappa shape index (κ3) is 2.50. The maximum Gasteiger partial charge on any atom is 0.0642 e. The number of anilines is 1. The molecule has 0 aliphatic carbocycles. The Bertz CT molecular complexity index is 365. The zero-order chi connectivity index (χ0) is 11.5. The molecule has 1 heterocycles. The highest BCUT2D eigenvalue weighted by molar-refractivity contribution is 6.33. The van der Waals surface area contributed by atoms with Crippen LogP contribution in [-0.2, 0) is 6.54 Å². The van der Waals surface area contributed by atoms with Crippen molar-refractivity contribution in [3.8, 4) is 0 Å². The number of halogens is 1. The molecule has 2 nitrogen and oxygen atoms in total. The minimum atomic E-state index is 0.552. The molecular formula is C13H19ClN2. The minimum absolute atomic E-state index is 0.552. The fourth-order valence-electron chi connectivity index (χ4n) is 2.34. The van der Waals surface area contributed by atoms with Gasteiger partial charge in [0, 0.05) is 19.6 Å². The smallest absolute Gasteiger partial charge is 0.0642 e. The van der Waals surface area contributed by atoms with E-state index >= 15 is 0 Å².